The average Bonchev–Trinajstić information content (AvgIpc) is 2.97. The number of aliphatic imine (C=N–C) groups is 1. The number of nitrogens with one attached hydrogen (secondary N) is 1. The van der Waals surface area contributed by atoms with E-state index in [1.165, 1.54) is 11.3 Å². The zero-order valence-corrected chi connectivity index (χ0v) is 9.89. The van der Waals surface area contributed by atoms with Crippen molar-refractivity contribution in [2.75, 3.05) is 24.5 Å². The van der Waals surface area contributed by atoms with Crippen LogP contribution in [0.5, 0.6) is 0 Å². The van der Waals surface area contributed by atoms with E-state index in [-0.39, 0.29) is 0 Å². The molecule has 1 unspecified atom stereocenters. The molecule has 1 aromatic rings. The lowest BCUT2D eigenvalue weighted by atomic mass is 10.1. The van der Waals surface area contributed by atoms with Crippen LogP contribution in [-0.2, 0) is 6.42 Å². The number of para-hydroxylation sites is 1. The number of benzene rings is 1. The molecule has 2 aliphatic heterocycles. The topological polar surface area (TPSA) is 27.6 Å². The zero-order valence-electron chi connectivity index (χ0n) is 9.89. The van der Waals surface area contributed by atoms with Crippen LogP contribution in [0.2, 0.25) is 0 Å². The van der Waals surface area contributed by atoms with Crippen molar-refractivity contribution in [1.82, 2.24) is 5.32 Å². The summed E-state index contributed by atoms with van der Waals surface area (Å²) in [6.07, 6.45) is 3.01. The van der Waals surface area contributed by atoms with E-state index in [0.717, 1.165) is 31.9 Å². The number of hydrogen-bond acceptors (Lipinski definition) is 3. The molecule has 0 saturated carbocycles. The third-order valence-electron chi connectivity index (χ3n) is 3.43. The van der Waals surface area contributed by atoms with Crippen LogP contribution in [0.3, 0.4) is 0 Å². The van der Waals surface area contributed by atoms with Crippen molar-refractivity contribution in [2.24, 2.45) is 4.99 Å². The van der Waals surface area contributed by atoms with Gasteiger partial charge < -0.3 is 10.2 Å². The minimum atomic E-state index is 0.368. The smallest absolute Gasteiger partial charge is 0.120 e. The van der Waals surface area contributed by atoms with E-state index >= 15 is 0 Å². The Morgan fingerprint density at radius 3 is 3.12 bits per heavy atom. The molecule has 0 saturated heterocycles. The van der Waals surface area contributed by atoms with Gasteiger partial charge in [-0.05, 0) is 11.6 Å². The van der Waals surface area contributed by atoms with Crippen molar-refractivity contribution in [3.8, 4) is 0 Å². The summed E-state index contributed by atoms with van der Waals surface area (Å²) in [5.74, 6) is 1.14. The number of fused-ring (bicyclic) bond motifs is 1. The second-order valence-corrected chi connectivity index (χ2v) is 4.48. The van der Waals surface area contributed by atoms with Gasteiger partial charge in [-0.3, -0.25) is 4.99 Å². The molecule has 2 heterocycles. The third kappa shape index (κ3) is 1.71. The van der Waals surface area contributed by atoms with E-state index in [9.17, 15) is 0 Å². The summed E-state index contributed by atoms with van der Waals surface area (Å²) in [6.45, 7) is 6.62. The predicted molar refractivity (Wildman–Crippen MR) is 71.8 cm³/mol. The van der Waals surface area contributed by atoms with Gasteiger partial charge in [0.15, 0.2) is 0 Å². The molecule has 0 amide bonds. The largest absolute Gasteiger partial charge is 0.370 e. The first-order valence-corrected chi connectivity index (χ1v) is 6.14. The Balaban J connectivity index is 1.94. The van der Waals surface area contributed by atoms with Gasteiger partial charge in [-0.15, -0.1) is 6.58 Å². The molecular weight excluding hydrogens is 210 g/mol. The monoisotopic (exact) mass is 227 g/mol. The maximum absolute atomic E-state index is 4.56. The zero-order chi connectivity index (χ0) is 11.7. The van der Waals surface area contributed by atoms with Crippen LogP contribution in [0.1, 0.15) is 5.56 Å². The molecule has 1 atom stereocenters. The standard InChI is InChI=1S/C14H17N3/c1-2-9-17-12-6-4-3-5-11(12)10-13(17)14-15-7-8-16-14/h2-6,13H,1,7-10H2,(H,15,16). The van der Waals surface area contributed by atoms with E-state index in [1.807, 2.05) is 6.08 Å². The fourth-order valence-corrected chi connectivity index (χ4v) is 2.70. The minimum Gasteiger partial charge on any atom is -0.370 e. The number of nitrogens with zero attached hydrogens (tertiary/aromatic N) is 2. The molecule has 88 valence electrons. The first kappa shape index (κ1) is 10.4. The van der Waals surface area contributed by atoms with E-state index < -0.39 is 0 Å². The van der Waals surface area contributed by atoms with Crippen LogP contribution in [-0.4, -0.2) is 31.5 Å². The normalized spacial score (nSPS) is 22.0. The molecule has 0 bridgehead atoms. The van der Waals surface area contributed by atoms with E-state index in [1.54, 1.807) is 0 Å². The molecule has 1 N–H and O–H groups in total. The van der Waals surface area contributed by atoms with Gasteiger partial charge in [0.25, 0.3) is 0 Å². The van der Waals surface area contributed by atoms with Crippen LogP contribution in [0.15, 0.2) is 41.9 Å². The van der Waals surface area contributed by atoms with Crippen LogP contribution in [0, 0.1) is 0 Å². The van der Waals surface area contributed by atoms with Gasteiger partial charge in [-0.25, -0.2) is 0 Å². The maximum Gasteiger partial charge on any atom is 0.120 e. The molecular formula is C14H17N3. The molecule has 1 aromatic carbocycles. The Kier molecular flexibility index (Phi) is 2.59. The Morgan fingerprint density at radius 1 is 1.47 bits per heavy atom. The van der Waals surface area contributed by atoms with Crippen molar-refractivity contribution in [1.29, 1.82) is 0 Å². The van der Waals surface area contributed by atoms with Crippen LogP contribution in [0.25, 0.3) is 0 Å². The highest BCUT2D eigenvalue weighted by Crippen LogP contribution is 2.32. The van der Waals surface area contributed by atoms with Crippen LogP contribution < -0.4 is 10.2 Å². The van der Waals surface area contributed by atoms with E-state index in [2.05, 4.69) is 46.1 Å². The first-order chi connectivity index (χ1) is 8.40. The Bertz CT molecular complexity index is 464. The predicted octanol–water partition coefficient (Wildman–Crippen LogP) is 1.61. The van der Waals surface area contributed by atoms with E-state index in [4.69, 9.17) is 0 Å². The number of anilines is 1. The molecule has 0 aliphatic carbocycles. The summed E-state index contributed by atoms with van der Waals surface area (Å²) >= 11 is 0. The van der Waals surface area contributed by atoms with Gasteiger partial charge in [0.2, 0.25) is 0 Å². The van der Waals surface area contributed by atoms with Crippen LogP contribution >= 0.6 is 0 Å². The van der Waals surface area contributed by atoms with Crippen molar-refractivity contribution in [3.63, 3.8) is 0 Å². The lowest BCUT2D eigenvalue weighted by Gasteiger charge is -2.26. The van der Waals surface area contributed by atoms with E-state index in [0.29, 0.717) is 6.04 Å². The molecule has 0 aromatic heterocycles. The summed E-state index contributed by atoms with van der Waals surface area (Å²) in [4.78, 5) is 6.95. The van der Waals surface area contributed by atoms with Crippen molar-refractivity contribution in [3.05, 3.63) is 42.5 Å². The molecule has 0 fully saturated rings. The molecule has 17 heavy (non-hydrogen) atoms. The Hall–Kier alpha value is -1.77. The second kappa shape index (κ2) is 4.24. The van der Waals surface area contributed by atoms with Crippen molar-refractivity contribution < 1.29 is 0 Å². The second-order valence-electron chi connectivity index (χ2n) is 4.48. The number of amidine groups is 1. The summed E-state index contributed by atoms with van der Waals surface area (Å²) in [5, 5.41) is 3.40. The van der Waals surface area contributed by atoms with Gasteiger partial charge in [0, 0.05) is 25.2 Å². The van der Waals surface area contributed by atoms with Gasteiger partial charge in [-0.2, -0.15) is 0 Å². The highest BCUT2D eigenvalue weighted by atomic mass is 15.2. The van der Waals surface area contributed by atoms with Gasteiger partial charge >= 0.3 is 0 Å². The molecule has 3 nitrogen and oxygen atoms in total. The highest BCUT2D eigenvalue weighted by Gasteiger charge is 2.32. The van der Waals surface area contributed by atoms with Gasteiger partial charge in [0.1, 0.15) is 5.84 Å². The fourth-order valence-electron chi connectivity index (χ4n) is 2.70. The summed E-state index contributed by atoms with van der Waals surface area (Å²) < 4.78 is 0. The minimum absolute atomic E-state index is 0.368. The Morgan fingerprint density at radius 2 is 2.35 bits per heavy atom. The Labute approximate surface area is 102 Å². The molecule has 3 heteroatoms. The summed E-state index contributed by atoms with van der Waals surface area (Å²) in [6, 6.07) is 8.97. The summed E-state index contributed by atoms with van der Waals surface area (Å²) in [7, 11) is 0. The fraction of sp³-hybridized carbons (Fsp3) is 0.357. The van der Waals surface area contributed by atoms with Gasteiger partial charge in [0.05, 0.1) is 12.6 Å². The van der Waals surface area contributed by atoms with Gasteiger partial charge in [-0.1, -0.05) is 24.3 Å². The number of rotatable bonds is 3. The lowest BCUT2D eigenvalue weighted by Crippen LogP contribution is -2.43. The SMILES string of the molecule is C=CCN1c2ccccc2CC1C1=NCCN1. The van der Waals surface area contributed by atoms with Crippen molar-refractivity contribution in [2.45, 2.75) is 12.5 Å². The average molecular weight is 227 g/mol. The maximum atomic E-state index is 4.56. The summed E-state index contributed by atoms with van der Waals surface area (Å²) in [5.41, 5.74) is 2.74. The number of hydrogen-bond donors (Lipinski definition) is 1. The van der Waals surface area contributed by atoms with Crippen LogP contribution in [0.4, 0.5) is 5.69 Å². The molecule has 0 spiro atoms. The lowest BCUT2D eigenvalue weighted by molar-refractivity contribution is 0.782. The molecule has 2 aliphatic rings. The molecule has 3 rings (SSSR count). The quantitative estimate of drug-likeness (QED) is 0.794. The van der Waals surface area contributed by atoms with Crippen molar-refractivity contribution >= 4 is 11.5 Å². The highest BCUT2D eigenvalue weighted by molar-refractivity contribution is 5.93. The first-order valence-electron chi connectivity index (χ1n) is 6.14. The third-order valence-corrected chi connectivity index (χ3v) is 3.43. The molecule has 0 radical (unpaired) electrons.